The van der Waals surface area contributed by atoms with E-state index in [4.69, 9.17) is 0 Å². The van der Waals surface area contributed by atoms with Crippen molar-refractivity contribution in [2.75, 3.05) is 13.3 Å². The van der Waals surface area contributed by atoms with Crippen molar-refractivity contribution in [2.24, 2.45) is 4.99 Å². The fraction of sp³-hybridized carbons (Fsp3) is 0.375. The van der Waals surface area contributed by atoms with Crippen molar-refractivity contribution in [3.8, 4) is 0 Å². The maximum Gasteiger partial charge on any atom is 0.231 e. The highest BCUT2D eigenvalue weighted by Crippen LogP contribution is 2.07. The lowest BCUT2D eigenvalue weighted by atomic mass is 10.4. The van der Waals surface area contributed by atoms with E-state index in [-0.39, 0.29) is 0 Å². The fourth-order valence-corrected chi connectivity index (χ4v) is 1.25. The standard InChI is InChI=1S/C8H14N2O2S/c1-5-8(6-7-9-2)10(3)13(4,11)12/h5-7H,2H2,1,3-4H3/b7-6-,8-5+. The summed E-state index contributed by atoms with van der Waals surface area (Å²) in [6, 6.07) is 0. The third-order valence-corrected chi connectivity index (χ3v) is 2.71. The van der Waals surface area contributed by atoms with Crippen molar-refractivity contribution >= 4 is 16.7 Å². The topological polar surface area (TPSA) is 49.7 Å². The maximum atomic E-state index is 11.1. The number of likely N-dealkylation sites (N-methyl/N-ethyl adjacent to an activating group) is 1. The highest BCUT2D eigenvalue weighted by atomic mass is 32.2. The summed E-state index contributed by atoms with van der Waals surface area (Å²) in [6.45, 7) is 5.01. The minimum absolute atomic E-state index is 0.565. The van der Waals surface area contributed by atoms with Gasteiger partial charge >= 0.3 is 0 Å². The van der Waals surface area contributed by atoms with Gasteiger partial charge < -0.3 is 0 Å². The molecule has 0 aromatic heterocycles. The van der Waals surface area contributed by atoms with E-state index in [0.29, 0.717) is 5.70 Å². The van der Waals surface area contributed by atoms with Gasteiger partial charge in [0.15, 0.2) is 0 Å². The van der Waals surface area contributed by atoms with Gasteiger partial charge in [-0.1, -0.05) is 6.08 Å². The highest BCUT2D eigenvalue weighted by Gasteiger charge is 2.10. The van der Waals surface area contributed by atoms with Crippen LogP contribution in [0.5, 0.6) is 0 Å². The van der Waals surface area contributed by atoms with E-state index < -0.39 is 10.0 Å². The first-order chi connectivity index (χ1) is 5.93. The van der Waals surface area contributed by atoms with Crippen LogP contribution in [-0.4, -0.2) is 32.7 Å². The Morgan fingerprint density at radius 1 is 1.54 bits per heavy atom. The zero-order chi connectivity index (χ0) is 10.5. The number of sulfonamides is 1. The van der Waals surface area contributed by atoms with Gasteiger partial charge in [0.1, 0.15) is 0 Å². The Morgan fingerprint density at radius 3 is 2.38 bits per heavy atom. The van der Waals surface area contributed by atoms with Gasteiger partial charge in [-0.3, -0.25) is 9.30 Å². The quantitative estimate of drug-likeness (QED) is 0.504. The molecule has 0 amide bonds. The van der Waals surface area contributed by atoms with Crippen LogP contribution in [0.3, 0.4) is 0 Å². The lowest BCUT2D eigenvalue weighted by Gasteiger charge is -2.16. The third kappa shape index (κ3) is 3.89. The summed E-state index contributed by atoms with van der Waals surface area (Å²) in [5.41, 5.74) is 0.565. The molecule has 0 aliphatic heterocycles. The average Bonchev–Trinajstić information content (AvgIpc) is 2.04. The molecule has 0 aliphatic carbocycles. The van der Waals surface area contributed by atoms with E-state index in [1.54, 1.807) is 19.1 Å². The van der Waals surface area contributed by atoms with E-state index in [0.717, 1.165) is 6.26 Å². The Hall–Kier alpha value is -1.10. The van der Waals surface area contributed by atoms with Gasteiger partial charge in [-0.2, -0.15) is 0 Å². The Labute approximate surface area is 79.3 Å². The van der Waals surface area contributed by atoms with Crippen LogP contribution in [0.25, 0.3) is 0 Å². The van der Waals surface area contributed by atoms with E-state index in [1.807, 2.05) is 0 Å². The van der Waals surface area contributed by atoms with Crippen LogP contribution in [0.2, 0.25) is 0 Å². The van der Waals surface area contributed by atoms with Gasteiger partial charge in [0.05, 0.1) is 6.26 Å². The summed E-state index contributed by atoms with van der Waals surface area (Å²) < 4.78 is 23.4. The molecule has 0 fully saturated rings. The monoisotopic (exact) mass is 202 g/mol. The highest BCUT2D eigenvalue weighted by molar-refractivity contribution is 7.88. The molecule has 0 aromatic carbocycles. The summed E-state index contributed by atoms with van der Waals surface area (Å²) in [4.78, 5) is 3.50. The van der Waals surface area contributed by atoms with Crippen molar-refractivity contribution in [1.29, 1.82) is 0 Å². The molecule has 0 atom stereocenters. The Balaban J connectivity index is 4.83. The number of hydrogen-bond acceptors (Lipinski definition) is 3. The molecule has 0 unspecified atom stereocenters. The molecule has 0 bridgehead atoms. The predicted molar refractivity (Wildman–Crippen MR) is 55.1 cm³/mol. The average molecular weight is 202 g/mol. The van der Waals surface area contributed by atoms with Crippen LogP contribution in [0, 0.1) is 0 Å². The van der Waals surface area contributed by atoms with Crippen LogP contribution in [0.1, 0.15) is 6.92 Å². The molecule has 0 heterocycles. The molecule has 0 N–H and O–H groups in total. The van der Waals surface area contributed by atoms with Crippen LogP contribution in [0.4, 0.5) is 0 Å². The van der Waals surface area contributed by atoms with Gasteiger partial charge in [0.25, 0.3) is 0 Å². The van der Waals surface area contributed by atoms with E-state index >= 15 is 0 Å². The van der Waals surface area contributed by atoms with Crippen molar-refractivity contribution in [1.82, 2.24) is 4.31 Å². The summed E-state index contributed by atoms with van der Waals surface area (Å²) in [5.74, 6) is 0. The van der Waals surface area contributed by atoms with Crippen LogP contribution in [-0.2, 0) is 10.0 Å². The van der Waals surface area contributed by atoms with E-state index in [1.165, 1.54) is 17.6 Å². The van der Waals surface area contributed by atoms with Crippen molar-refractivity contribution < 1.29 is 8.42 Å². The summed E-state index contributed by atoms with van der Waals surface area (Å²) in [7, 11) is -1.71. The minimum atomic E-state index is -3.19. The van der Waals surface area contributed by atoms with Crippen LogP contribution >= 0.6 is 0 Å². The van der Waals surface area contributed by atoms with Crippen molar-refractivity contribution in [2.45, 2.75) is 6.92 Å². The normalized spacial score (nSPS) is 13.3. The smallest absolute Gasteiger partial charge is 0.231 e. The lowest BCUT2D eigenvalue weighted by molar-refractivity contribution is 0.536. The number of aliphatic imine (C=N–C) groups is 1. The second-order valence-electron chi connectivity index (χ2n) is 2.44. The molecule has 0 rings (SSSR count). The Bertz CT molecular complexity index is 328. The fourth-order valence-electron chi connectivity index (χ4n) is 0.704. The molecule has 0 spiro atoms. The number of rotatable bonds is 4. The molecule has 0 radical (unpaired) electrons. The van der Waals surface area contributed by atoms with Crippen LogP contribution < -0.4 is 0 Å². The van der Waals surface area contributed by atoms with Gasteiger partial charge in [0, 0.05) is 18.9 Å². The second kappa shape index (κ2) is 4.81. The van der Waals surface area contributed by atoms with Gasteiger partial charge in [-0.25, -0.2) is 8.42 Å². The molecular formula is C8H14N2O2S. The molecule has 13 heavy (non-hydrogen) atoms. The molecule has 0 saturated carbocycles. The zero-order valence-corrected chi connectivity index (χ0v) is 8.87. The first kappa shape index (κ1) is 11.9. The molecule has 0 aliphatic rings. The summed E-state index contributed by atoms with van der Waals surface area (Å²) in [6.07, 6.45) is 5.85. The van der Waals surface area contributed by atoms with Crippen LogP contribution in [0.15, 0.2) is 29.0 Å². The second-order valence-corrected chi connectivity index (χ2v) is 4.46. The van der Waals surface area contributed by atoms with E-state index in [2.05, 4.69) is 11.7 Å². The molecular weight excluding hydrogens is 188 g/mol. The zero-order valence-electron chi connectivity index (χ0n) is 8.06. The van der Waals surface area contributed by atoms with Gasteiger partial charge in [-0.15, -0.1) is 0 Å². The van der Waals surface area contributed by atoms with E-state index in [9.17, 15) is 8.42 Å². The molecule has 5 heteroatoms. The van der Waals surface area contributed by atoms with Crippen molar-refractivity contribution in [3.05, 3.63) is 24.0 Å². The lowest BCUT2D eigenvalue weighted by Crippen LogP contribution is -2.23. The third-order valence-electron chi connectivity index (χ3n) is 1.51. The van der Waals surface area contributed by atoms with Crippen molar-refractivity contribution in [3.63, 3.8) is 0 Å². The number of nitrogens with zero attached hydrogens (tertiary/aromatic N) is 2. The molecule has 0 aromatic rings. The van der Waals surface area contributed by atoms with Gasteiger partial charge in [-0.05, 0) is 19.7 Å². The SMILES string of the molecule is C=N/C=C\C(=C/C)N(C)S(C)(=O)=O. The molecule has 74 valence electrons. The number of allylic oxidation sites excluding steroid dienone is 2. The minimum Gasteiger partial charge on any atom is -0.274 e. The predicted octanol–water partition coefficient (Wildman–Crippen LogP) is 0.996. The first-order valence-electron chi connectivity index (χ1n) is 3.66. The summed E-state index contributed by atoms with van der Waals surface area (Å²) in [5, 5.41) is 0. The largest absolute Gasteiger partial charge is 0.274 e. The first-order valence-corrected chi connectivity index (χ1v) is 5.51. The molecule has 4 nitrogen and oxygen atoms in total. The number of hydrogen-bond donors (Lipinski definition) is 0. The Kier molecular flexibility index (Phi) is 4.40. The maximum absolute atomic E-state index is 11.1. The summed E-state index contributed by atoms with van der Waals surface area (Å²) >= 11 is 0. The molecule has 0 saturated heterocycles. The van der Waals surface area contributed by atoms with Gasteiger partial charge in [0.2, 0.25) is 10.0 Å². The Morgan fingerprint density at radius 2 is 2.08 bits per heavy atom.